The van der Waals surface area contributed by atoms with Crippen molar-refractivity contribution >= 4 is 51.7 Å². The molecule has 0 N–H and O–H groups in total. The first-order chi connectivity index (χ1) is 15.5. The number of amides is 1. The van der Waals surface area contributed by atoms with E-state index in [2.05, 4.69) is 4.90 Å². The van der Waals surface area contributed by atoms with E-state index in [4.69, 9.17) is 21.9 Å². The van der Waals surface area contributed by atoms with Crippen molar-refractivity contribution in [3.8, 4) is 0 Å². The van der Waals surface area contributed by atoms with E-state index in [1.54, 1.807) is 21.6 Å². The zero-order chi connectivity index (χ0) is 22.7. The van der Waals surface area contributed by atoms with Crippen molar-refractivity contribution in [2.75, 3.05) is 37.7 Å². The number of aromatic nitrogens is 2. The van der Waals surface area contributed by atoms with Crippen molar-refractivity contribution in [3.05, 3.63) is 44.7 Å². The van der Waals surface area contributed by atoms with E-state index in [0.717, 1.165) is 31.5 Å². The molecule has 0 unspecified atom stereocenters. The fourth-order valence-corrected chi connectivity index (χ4v) is 5.30. The predicted octanol–water partition coefficient (Wildman–Crippen LogP) is 3.62. The van der Waals surface area contributed by atoms with Gasteiger partial charge in [0.15, 0.2) is 0 Å². The summed E-state index contributed by atoms with van der Waals surface area (Å²) < 4.78 is 7.46. The second-order valence-electron chi connectivity index (χ2n) is 8.02. The summed E-state index contributed by atoms with van der Waals surface area (Å²) in [5.74, 6) is 0.495. The molecule has 2 aliphatic rings. The number of piperidine rings is 1. The molecule has 0 aromatic carbocycles. The fourth-order valence-electron chi connectivity index (χ4n) is 4.01. The lowest BCUT2D eigenvalue weighted by Crippen LogP contribution is -2.33. The highest BCUT2D eigenvalue weighted by Crippen LogP contribution is 2.34. The molecular weight excluding hydrogens is 444 g/mol. The van der Waals surface area contributed by atoms with Gasteiger partial charge in [0, 0.05) is 39.0 Å². The number of carbonyl (C=O) groups excluding carboxylic acids is 1. The van der Waals surface area contributed by atoms with Crippen LogP contribution in [0.15, 0.2) is 28.0 Å². The highest BCUT2D eigenvalue weighted by atomic mass is 32.2. The summed E-state index contributed by atoms with van der Waals surface area (Å²) >= 11 is 6.70. The first kappa shape index (κ1) is 22.9. The van der Waals surface area contributed by atoms with Crippen LogP contribution in [-0.2, 0) is 9.53 Å². The Morgan fingerprint density at radius 2 is 2.00 bits per heavy atom. The number of carbonyl (C=O) groups is 1. The number of pyridine rings is 1. The maximum absolute atomic E-state index is 13.5. The minimum atomic E-state index is -0.166. The largest absolute Gasteiger partial charge is 0.382 e. The lowest BCUT2D eigenvalue weighted by molar-refractivity contribution is -0.122. The van der Waals surface area contributed by atoms with Gasteiger partial charge in [-0.3, -0.25) is 18.9 Å². The molecule has 0 radical (unpaired) electrons. The summed E-state index contributed by atoms with van der Waals surface area (Å²) in [6.45, 7) is 7.34. The van der Waals surface area contributed by atoms with E-state index >= 15 is 0 Å². The van der Waals surface area contributed by atoms with Gasteiger partial charge in [-0.05, 0) is 57.2 Å². The van der Waals surface area contributed by atoms with E-state index in [-0.39, 0.29) is 11.5 Å². The van der Waals surface area contributed by atoms with Crippen molar-refractivity contribution in [2.45, 2.75) is 39.5 Å². The lowest BCUT2D eigenvalue weighted by atomic mass is 10.1. The minimum absolute atomic E-state index is 0.158. The summed E-state index contributed by atoms with van der Waals surface area (Å²) in [5, 5.41) is 0. The second kappa shape index (κ2) is 10.1. The molecule has 0 saturated carbocycles. The Hall–Kier alpha value is -2.23. The van der Waals surface area contributed by atoms with Crippen LogP contribution in [0.1, 0.15) is 43.7 Å². The zero-order valence-electron chi connectivity index (χ0n) is 18.5. The van der Waals surface area contributed by atoms with E-state index in [9.17, 15) is 9.59 Å². The number of anilines is 1. The van der Waals surface area contributed by atoms with Gasteiger partial charge >= 0.3 is 0 Å². The Bertz CT molecular complexity index is 1120. The van der Waals surface area contributed by atoms with Crippen molar-refractivity contribution in [1.82, 2.24) is 14.3 Å². The summed E-state index contributed by atoms with van der Waals surface area (Å²) in [6.07, 6.45) is 7.51. The Labute approximate surface area is 197 Å². The van der Waals surface area contributed by atoms with Crippen molar-refractivity contribution in [1.29, 1.82) is 0 Å². The molecule has 1 amide bonds. The third-order valence-electron chi connectivity index (χ3n) is 5.66. The topological polar surface area (TPSA) is 67.2 Å². The summed E-state index contributed by atoms with van der Waals surface area (Å²) in [7, 11) is 0. The van der Waals surface area contributed by atoms with Crippen LogP contribution in [0.4, 0.5) is 5.82 Å². The van der Waals surface area contributed by atoms with Crippen LogP contribution in [0.3, 0.4) is 0 Å². The summed E-state index contributed by atoms with van der Waals surface area (Å²) in [6, 6.07) is 3.82. The molecule has 2 aliphatic heterocycles. The lowest BCUT2D eigenvalue weighted by Gasteiger charge is -2.29. The quantitative estimate of drug-likeness (QED) is 0.346. The summed E-state index contributed by atoms with van der Waals surface area (Å²) in [4.78, 5) is 35.7. The van der Waals surface area contributed by atoms with Crippen LogP contribution in [0.25, 0.3) is 11.7 Å². The first-order valence-electron chi connectivity index (χ1n) is 11.1. The van der Waals surface area contributed by atoms with E-state index in [0.29, 0.717) is 52.4 Å². The number of aryl methyl sites for hydroxylation is 1. The number of hydrogen-bond donors (Lipinski definition) is 0. The Morgan fingerprint density at radius 3 is 2.75 bits per heavy atom. The van der Waals surface area contributed by atoms with E-state index in [1.165, 1.54) is 18.2 Å². The minimum Gasteiger partial charge on any atom is -0.382 e. The molecule has 4 heterocycles. The van der Waals surface area contributed by atoms with Gasteiger partial charge in [-0.15, -0.1) is 0 Å². The number of thiocarbonyl (C=S) groups is 1. The number of nitrogens with zero attached hydrogens (tertiary/aromatic N) is 4. The molecule has 0 aliphatic carbocycles. The third-order valence-corrected chi connectivity index (χ3v) is 7.04. The number of ether oxygens (including phenoxy) is 1. The molecule has 4 rings (SSSR count). The van der Waals surface area contributed by atoms with Gasteiger partial charge in [0.25, 0.3) is 11.5 Å². The fraction of sp³-hybridized carbons (Fsp3) is 0.478. The van der Waals surface area contributed by atoms with Crippen LogP contribution < -0.4 is 10.5 Å². The molecule has 2 aromatic rings. The van der Waals surface area contributed by atoms with Crippen LogP contribution in [0.5, 0.6) is 0 Å². The Morgan fingerprint density at radius 1 is 1.22 bits per heavy atom. The van der Waals surface area contributed by atoms with E-state index < -0.39 is 0 Å². The third kappa shape index (κ3) is 4.74. The molecule has 0 spiro atoms. The van der Waals surface area contributed by atoms with Crippen molar-refractivity contribution < 1.29 is 9.53 Å². The molecule has 9 heteroatoms. The Kier molecular flexibility index (Phi) is 7.27. The van der Waals surface area contributed by atoms with Crippen LogP contribution in [0.2, 0.25) is 0 Å². The maximum atomic E-state index is 13.5. The van der Waals surface area contributed by atoms with Crippen LogP contribution in [0, 0.1) is 6.92 Å². The van der Waals surface area contributed by atoms with Gasteiger partial charge in [0.2, 0.25) is 0 Å². The van der Waals surface area contributed by atoms with Gasteiger partial charge in [-0.2, -0.15) is 0 Å². The smallest absolute Gasteiger partial charge is 0.267 e. The number of hydrogen-bond acceptors (Lipinski definition) is 7. The van der Waals surface area contributed by atoms with Crippen molar-refractivity contribution in [2.24, 2.45) is 0 Å². The van der Waals surface area contributed by atoms with Gasteiger partial charge < -0.3 is 9.64 Å². The molecule has 32 heavy (non-hydrogen) atoms. The van der Waals surface area contributed by atoms with E-state index in [1.807, 2.05) is 26.0 Å². The Balaban J connectivity index is 1.73. The first-order valence-corrected chi connectivity index (χ1v) is 12.3. The monoisotopic (exact) mass is 472 g/mol. The molecular formula is C23H28N4O3S2. The maximum Gasteiger partial charge on any atom is 0.267 e. The number of fused-ring (bicyclic) bond motifs is 1. The number of thioether (sulfide) groups is 1. The van der Waals surface area contributed by atoms with Crippen molar-refractivity contribution in [3.63, 3.8) is 0 Å². The average Bonchev–Trinajstić information content (AvgIpc) is 3.06. The predicted molar refractivity (Wildman–Crippen MR) is 133 cm³/mol. The molecule has 2 aromatic heterocycles. The average molecular weight is 473 g/mol. The number of rotatable bonds is 7. The van der Waals surface area contributed by atoms with Gasteiger partial charge in [-0.1, -0.05) is 30.0 Å². The zero-order valence-corrected chi connectivity index (χ0v) is 20.1. The molecule has 2 saturated heterocycles. The standard InChI is InChI=1S/C23H28N4O3S2/c1-3-30-13-7-12-26-22(29)18(32-23(26)31)14-17-20(25-10-5-4-6-11-25)24-19-9-8-16(2)15-27(19)21(17)28/h8-9,14-15H,3-7,10-13H2,1-2H3/b18-14+. The molecule has 7 nitrogen and oxygen atoms in total. The van der Waals surface area contributed by atoms with Crippen LogP contribution >= 0.6 is 24.0 Å². The van der Waals surface area contributed by atoms with Gasteiger partial charge in [-0.25, -0.2) is 4.98 Å². The SMILES string of the molecule is CCOCCCN1C(=O)/C(=C\c2c(N3CCCCC3)nc3ccc(C)cn3c2=O)SC1=S. The van der Waals surface area contributed by atoms with Gasteiger partial charge in [0.05, 0.1) is 10.5 Å². The summed E-state index contributed by atoms with van der Waals surface area (Å²) in [5.41, 5.74) is 1.87. The van der Waals surface area contributed by atoms with Gasteiger partial charge in [0.1, 0.15) is 15.8 Å². The molecule has 2 fully saturated rings. The molecule has 0 atom stereocenters. The highest BCUT2D eigenvalue weighted by molar-refractivity contribution is 8.26. The second-order valence-corrected chi connectivity index (χ2v) is 9.70. The normalized spacial score (nSPS) is 18.4. The molecule has 170 valence electrons. The molecule has 0 bridgehead atoms. The van der Waals surface area contributed by atoms with Crippen LogP contribution in [-0.4, -0.2) is 57.4 Å². The highest BCUT2D eigenvalue weighted by Gasteiger charge is 2.32.